The summed E-state index contributed by atoms with van der Waals surface area (Å²) in [5, 5.41) is 66.2. The molecule has 5 atom stereocenters. The molecule has 1 aliphatic carbocycles. The summed E-state index contributed by atoms with van der Waals surface area (Å²) in [7, 11) is 3.42. The highest BCUT2D eigenvalue weighted by Crippen LogP contribution is 2.38. The average Bonchev–Trinajstić information content (AvgIpc) is 1.64. The van der Waals surface area contributed by atoms with E-state index in [0.717, 1.165) is 66.3 Å². The zero-order chi connectivity index (χ0) is 87.1. The maximum atomic E-state index is 12.8. The third-order valence-corrected chi connectivity index (χ3v) is 20.4. The number of hydrogen-bond donors (Lipinski definition) is 16. The molecule has 628 valence electrons. The molecule has 29 nitrogen and oxygen atoms in total. The quantitative estimate of drug-likeness (QED) is 0.0209. The molecule has 118 heavy (non-hydrogen) atoms. The Morgan fingerprint density at radius 3 is 1.27 bits per heavy atom. The summed E-state index contributed by atoms with van der Waals surface area (Å²) in [5.74, 6) is -3.29. The van der Waals surface area contributed by atoms with Gasteiger partial charge in [0.15, 0.2) is 0 Å². The zero-order valence-electron chi connectivity index (χ0n) is 67.0. The lowest BCUT2D eigenvalue weighted by Gasteiger charge is -2.34. The van der Waals surface area contributed by atoms with Gasteiger partial charge in [0, 0.05) is 74.8 Å². The number of hydroxylamine groups is 5. The van der Waals surface area contributed by atoms with Crippen LogP contribution in [0, 0.1) is 16.7 Å². The number of nitrogens with one attached hydrogen (secondary N) is 11. The number of aromatic nitrogens is 3. The van der Waals surface area contributed by atoms with Crippen LogP contribution in [0.5, 0.6) is 0 Å². The van der Waals surface area contributed by atoms with Gasteiger partial charge in [-0.15, -0.1) is 0 Å². The van der Waals surface area contributed by atoms with Crippen molar-refractivity contribution < 1.29 is 74.0 Å². The molecule has 33 heteroatoms. The van der Waals surface area contributed by atoms with Gasteiger partial charge in [-0.05, 0) is 175 Å². The van der Waals surface area contributed by atoms with Crippen molar-refractivity contribution in [3.63, 3.8) is 0 Å². The van der Waals surface area contributed by atoms with Crippen LogP contribution in [0.15, 0.2) is 188 Å². The fourth-order valence-electron chi connectivity index (χ4n) is 12.4. The highest BCUT2D eigenvalue weighted by atomic mass is 35.5. The predicted octanol–water partition coefficient (Wildman–Crippen LogP) is 15.7. The van der Waals surface area contributed by atoms with Gasteiger partial charge in [0.2, 0.25) is 5.91 Å². The maximum absolute atomic E-state index is 12.8. The summed E-state index contributed by atoms with van der Waals surface area (Å²) in [6, 6.07) is 48.9. The van der Waals surface area contributed by atoms with E-state index in [1.807, 2.05) is 71.9 Å². The van der Waals surface area contributed by atoms with Crippen LogP contribution in [0.3, 0.4) is 0 Å². The lowest BCUT2D eigenvalue weighted by molar-refractivity contribution is -0.132. The fourth-order valence-corrected chi connectivity index (χ4v) is 13.3. The van der Waals surface area contributed by atoms with E-state index in [1.165, 1.54) is 17.1 Å². The zero-order valence-corrected chi connectivity index (χ0v) is 70.0. The lowest BCUT2D eigenvalue weighted by Crippen LogP contribution is -2.42. The van der Waals surface area contributed by atoms with E-state index in [2.05, 4.69) is 50.8 Å². The Morgan fingerprint density at radius 1 is 0.466 bits per heavy atom. The summed E-state index contributed by atoms with van der Waals surface area (Å²) in [6.45, 7) is 17.8. The molecule has 16 N–H and O–H groups in total. The molecule has 9 aromatic rings. The highest BCUT2D eigenvalue weighted by molar-refractivity contribution is 6.42. The topological polar surface area (TPSA) is 427 Å². The molecule has 0 saturated heterocycles. The van der Waals surface area contributed by atoms with Crippen LogP contribution in [0.2, 0.25) is 20.2 Å². The second-order valence-electron chi connectivity index (χ2n) is 29.4. The van der Waals surface area contributed by atoms with E-state index in [4.69, 9.17) is 72.4 Å². The largest absolute Gasteiger partial charge is 0.349 e. The normalized spacial score (nSPS) is 13.1. The number of amides is 11. The van der Waals surface area contributed by atoms with Crippen molar-refractivity contribution in [2.75, 3.05) is 5.32 Å². The smallest absolute Gasteiger partial charge is 0.319 e. The number of carbonyl (C=O) groups excluding carboxylic acids is 10. The third-order valence-electron chi connectivity index (χ3n) is 19.1. The molecular weight excluding hydrogens is 1600 g/mol. The van der Waals surface area contributed by atoms with Crippen molar-refractivity contribution in [1.82, 2.24) is 68.3 Å². The van der Waals surface area contributed by atoms with Crippen LogP contribution >= 0.6 is 46.4 Å². The van der Waals surface area contributed by atoms with Crippen LogP contribution in [-0.4, -0.2) is 99.6 Å². The number of nitrogens with zero attached hydrogens (tertiary/aromatic N) is 3. The van der Waals surface area contributed by atoms with E-state index < -0.39 is 35.6 Å². The number of carbonyl (C=O) groups is 10. The summed E-state index contributed by atoms with van der Waals surface area (Å²) in [5.41, 5.74) is 15.2. The summed E-state index contributed by atoms with van der Waals surface area (Å²) in [4.78, 5) is 119. The first-order valence-electron chi connectivity index (χ1n) is 37.5. The molecule has 7 aromatic carbocycles. The van der Waals surface area contributed by atoms with Gasteiger partial charge >= 0.3 is 6.03 Å². The lowest BCUT2D eigenvalue weighted by atomic mass is 9.75. The van der Waals surface area contributed by atoms with Crippen molar-refractivity contribution in [2.24, 2.45) is 30.8 Å². The Bertz CT molecular complexity index is 4850. The number of rotatable bonds is 23. The number of anilines is 1. The van der Waals surface area contributed by atoms with Gasteiger partial charge in [0.05, 0.1) is 35.2 Å². The minimum Gasteiger partial charge on any atom is -0.349 e. The Morgan fingerprint density at radius 2 is 0.881 bits per heavy atom. The molecule has 0 aliphatic heterocycles. The van der Waals surface area contributed by atoms with Crippen molar-refractivity contribution in [1.29, 1.82) is 0 Å². The van der Waals surface area contributed by atoms with E-state index >= 15 is 0 Å². The van der Waals surface area contributed by atoms with Gasteiger partial charge in [-0.1, -0.05) is 199 Å². The first-order valence-corrected chi connectivity index (χ1v) is 39.0. The first kappa shape index (κ1) is 95.3. The van der Waals surface area contributed by atoms with E-state index in [1.54, 1.807) is 205 Å². The van der Waals surface area contributed by atoms with Gasteiger partial charge in [0.1, 0.15) is 16.5 Å². The second-order valence-corrected chi connectivity index (χ2v) is 31.0. The van der Waals surface area contributed by atoms with Crippen LogP contribution in [0.25, 0.3) is 0 Å². The van der Waals surface area contributed by atoms with Crippen molar-refractivity contribution in [3.05, 3.63) is 281 Å². The molecule has 1 saturated carbocycles. The molecule has 11 amide bonds. The molecular formula is C85H100Cl4N14O15. The van der Waals surface area contributed by atoms with Crippen LogP contribution in [0.4, 0.5) is 10.5 Å². The Labute approximate surface area is 704 Å². The molecule has 0 radical (unpaired) electrons. The molecule has 0 spiro atoms. The van der Waals surface area contributed by atoms with Gasteiger partial charge in [0.25, 0.3) is 47.3 Å². The van der Waals surface area contributed by atoms with Crippen LogP contribution in [-0.2, 0) is 18.9 Å². The fraction of sp³-hybridized carbons (Fsp3) is 0.306. The average molecular weight is 1700 g/mol. The number of benzene rings is 7. The minimum atomic E-state index is -0.599. The van der Waals surface area contributed by atoms with Gasteiger partial charge < -0.3 is 36.5 Å². The summed E-state index contributed by atoms with van der Waals surface area (Å²) < 4.78 is 3.09. The summed E-state index contributed by atoms with van der Waals surface area (Å²) in [6.07, 6.45) is 8.88. The molecule has 0 bridgehead atoms. The van der Waals surface area contributed by atoms with Crippen LogP contribution in [0.1, 0.15) is 248 Å². The highest BCUT2D eigenvalue weighted by Gasteiger charge is 2.36. The molecule has 1 fully saturated rings. The standard InChI is InChI=1S/C19H28N2O3.C18H21Cl2N3O3.C16H15Cl2N3O3.C16H20N4O3.C16H16N2O3/c1-3-7-16(14-8-10-15(11-9-14)17(22)21-24)20-18(23)19(2)12-5-4-6-13-19;1-18(2,3)14(10-5-7-11(8-6-10)16(24)22-26)21-17(25)13-9-12(19)15(20)23(13)4;1-9(10-2-4-11(5-3-10)15(22)21-24)19-16(23)20-14-7-12(17)6-13(18)8-14;1-10(2)14(17-16(22)13-8-9-20(3)18-13)11-4-6-12(7-5-11)15(21)19-23;1-11(17-15(19)13-5-3-2-4-6-13)12-7-9-14(10-8-12)16(20)18-21/h8-11,16,24H,3-7,12-13H2,1-2H3,(H,20,23)(H,21,22);5-9,14,26H,1-4H3,(H,21,25)(H,22,24);2-9,24H,1H3,(H,21,22)(H2,19,20,23);4-10,14,23H,1-3H3,(H,17,22)(H,19,21);2-11,21H,1H3,(H,17,19)(H,18,20)/t16-;;;;/m1..../s1. The second kappa shape index (κ2) is 45.9. The number of halogens is 4. The predicted molar refractivity (Wildman–Crippen MR) is 448 cm³/mol. The first-order chi connectivity index (χ1) is 56.0. The van der Waals surface area contributed by atoms with Crippen molar-refractivity contribution in [2.45, 2.75) is 137 Å². The number of urea groups is 1. The Kier molecular flexibility index (Phi) is 37.0. The maximum Gasteiger partial charge on any atom is 0.319 e. The monoisotopic (exact) mass is 1700 g/mol. The summed E-state index contributed by atoms with van der Waals surface area (Å²) >= 11 is 23.8. The molecule has 1 aliphatic rings. The molecule has 2 aromatic heterocycles. The molecule has 10 rings (SSSR count). The van der Waals surface area contributed by atoms with Crippen LogP contribution < -0.4 is 59.3 Å². The van der Waals surface area contributed by atoms with Gasteiger partial charge in [-0.25, -0.2) is 32.2 Å². The number of aryl methyl sites for hydroxylation is 1. The van der Waals surface area contributed by atoms with E-state index in [0.29, 0.717) is 70.7 Å². The van der Waals surface area contributed by atoms with E-state index in [9.17, 15) is 47.9 Å². The van der Waals surface area contributed by atoms with Gasteiger partial charge in [-0.2, -0.15) is 5.10 Å². The Balaban J connectivity index is 0.000000229. The minimum absolute atomic E-state index is 0.0486. The Hall–Kier alpha value is -11.5. The molecule has 4 unspecified atom stereocenters. The number of hydrogen-bond acceptors (Lipinski definition) is 16. The van der Waals surface area contributed by atoms with E-state index in [-0.39, 0.29) is 70.6 Å². The van der Waals surface area contributed by atoms with Gasteiger partial charge in [-0.3, -0.25) is 73.9 Å². The van der Waals surface area contributed by atoms with Crippen molar-refractivity contribution >= 4 is 111 Å². The SMILES string of the molecule is CC(C)C(NC(=O)c1ccn(C)n1)c1ccc(C(=O)NO)cc1.CC(NC(=O)Nc1cc(Cl)cc(Cl)c1)c1ccc(C(=O)NO)cc1.CC(NC(=O)c1ccccc1)c1ccc(C(=O)NO)cc1.CCC[C@@H](NC(=O)C1(C)CCCCC1)c1ccc(C(=O)NO)cc1.Cn1c(C(=O)NC(c2ccc(C(=O)NO)cc2)C(C)(C)C)cc(Cl)c1Cl. The molecule has 2 heterocycles. The third kappa shape index (κ3) is 28.4. The van der Waals surface area contributed by atoms with Crippen molar-refractivity contribution in [3.8, 4) is 0 Å².